The Labute approximate surface area is 94.1 Å². The van der Waals surface area contributed by atoms with E-state index < -0.39 is 0 Å². The first-order chi connectivity index (χ1) is 7.75. The third-order valence-electron chi connectivity index (χ3n) is 3.24. The van der Waals surface area contributed by atoms with Crippen molar-refractivity contribution in [2.45, 2.75) is 19.3 Å². The minimum atomic E-state index is 0.319. The van der Waals surface area contributed by atoms with Crippen molar-refractivity contribution in [3.05, 3.63) is 30.1 Å². The maximum atomic E-state index is 11.8. The fourth-order valence-corrected chi connectivity index (χ4v) is 2.06. The van der Waals surface area contributed by atoms with E-state index in [9.17, 15) is 4.79 Å². The van der Waals surface area contributed by atoms with Crippen LogP contribution in [0.15, 0.2) is 24.3 Å². The molecule has 0 saturated heterocycles. The molecule has 1 heterocycles. The van der Waals surface area contributed by atoms with Gasteiger partial charge in [-0.15, -0.1) is 0 Å². The Bertz CT molecular complexity index is 552. The van der Waals surface area contributed by atoms with Crippen molar-refractivity contribution in [3.8, 4) is 0 Å². The molecular weight excluding hydrogens is 200 g/mol. The van der Waals surface area contributed by atoms with E-state index in [-0.39, 0.29) is 0 Å². The van der Waals surface area contributed by atoms with Gasteiger partial charge in [-0.2, -0.15) is 0 Å². The van der Waals surface area contributed by atoms with Crippen LogP contribution >= 0.6 is 0 Å². The van der Waals surface area contributed by atoms with Crippen LogP contribution in [0.4, 0.5) is 0 Å². The van der Waals surface area contributed by atoms with Gasteiger partial charge >= 0.3 is 0 Å². The molecule has 0 amide bonds. The number of fused-ring (bicyclic) bond motifs is 1. The number of para-hydroxylation sites is 2. The van der Waals surface area contributed by atoms with E-state index >= 15 is 0 Å². The summed E-state index contributed by atoms with van der Waals surface area (Å²) >= 11 is 0. The number of carbonyl (C=O) groups is 1. The normalized spacial score (nSPS) is 15.6. The SMILES string of the molecule is Cn1c(CC(=O)C2CC2)nc2ccccc21. The predicted molar refractivity (Wildman–Crippen MR) is 62.1 cm³/mol. The molecular formula is C13H14N2O. The van der Waals surface area contributed by atoms with E-state index in [0.29, 0.717) is 18.1 Å². The highest BCUT2D eigenvalue weighted by molar-refractivity contribution is 5.86. The second-order valence-electron chi connectivity index (χ2n) is 4.49. The van der Waals surface area contributed by atoms with Gasteiger partial charge in [-0.25, -0.2) is 4.98 Å². The third kappa shape index (κ3) is 1.52. The maximum Gasteiger partial charge on any atom is 0.143 e. The fourth-order valence-electron chi connectivity index (χ4n) is 2.06. The van der Waals surface area contributed by atoms with E-state index in [1.807, 2.05) is 35.9 Å². The van der Waals surface area contributed by atoms with Crippen molar-refractivity contribution >= 4 is 16.8 Å². The highest BCUT2D eigenvalue weighted by Gasteiger charge is 2.30. The number of aromatic nitrogens is 2. The molecule has 1 aromatic heterocycles. The Morgan fingerprint density at radius 2 is 2.19 bits per heavy atom. The number of imidazole rings is 1. The Kier molecular flexibility index (Phi) is 2.06. The van der Waals surface area contributed by atoms with Crippen molar-refractivity contribution in [2.75, 3.05) is 0 Å². The summed E-state index contributed by atoms with van der Waals surface area (Å²) in [6.07, 6.45) is 2.63. The van der Waals surface area contributed by atoms with Crippen LogP contribution in [-0.2, 0) is 18.3 Å². The average molecular weight is 214 g/mol. The van der Waals surface area contributed by atoms with Gasteiger partial charge in [-0.05, 0) is 25.0 Å². The number of ketones is 1. The van der Waals surface area contributed by atoms with Crippen LogP contribution in [0, 0.1) is 5.92 Å². The van der Waals surface area contributed by atoms with E-state index in [0.717, 1.165) is 29.7 Å². The lowest BCUT2D eigenvalue weighted by molar-refractivity contribution is -0.119. The minimum Gasteiger partial charge on any atom is -0.331 e. The van der Waals surface area contributed by atoms with Gasteiger partial charge in [0.15, 0.2) is 0 Å². The molecule has 1 aliphatic carbocycles. The van der Waals surface area contributed by atoms with Gasteiger partial charge < -0.3 is 4.57 Å². The van der Waals surface area contributed by atoms with Crippen LogP contribution in [0.5, 0.6) is 0 Å². The van der Waals surface area contributed by atoms with Gasteiger partial charge in [0.25, 0.3) is 0 Å². The largest absolute Gasteiger partial charge is 0.331 e. The molecule has 3 heteroatoms. The standard InChI is InChI=1S/C13H14N2O/c1-15-11-5-3-2-4-10(11)14-13(15)8-12(16)9-6-7-9/h2-5,9H,6-8H2,1H3. The Hall–Kier alpha value is -1.64. The molecule has 1 aromatic carbocycles. The highest BCUT2D eigenvalue weighted by atomic mass is 16.1. The smallest absolute Gasteiger partial charge is 0.143 e. The molecule has 82 valence electrons. The molecule has 1 saturated carbocycles. The summed E-state index contributed by atoms with van der Waals surface area (Å²) < 4.78 is 2.02. The third-order valence-corrected chi connectivity index (χ3v) is 3.24. The van der Waals surface area contributed by atoms with Crippen LogP contribution in [-0.4, -0.2) is 15.3 Å². The quantitative estimate of drug-likeness (QED) is 0.784. The zero-order valence-electron chi connectivity index (χ0n) is 9.31. The summed E-state index contributed by atoms with van der Waals surface area (Å²) in [5, 5.41) is 0. The lowest BCUT2D eigenvalue weighted by Crippen LogP contribution is -2.09. The Balaban J connectivity index is 1.96. The Morgan fingerprint density at radius 1 is 1.44 bits per heavy atom. The summed E-state index contributed by atoms with van der Waals surface area (Å²) in [4.78, 5) is 16.3. The minimum absolute atomic E-state index is 0.319. The molecule has 0 spiro atoms. The number of Topliss-reactive ketones (excluding diaryl/α,β-unsaturated/α-hetero) is 1. The first-order valence-electron chi connectivity index (χ1n) is 5.69. The number of benzene rings is 1. The second-order valence-corrected chi connectivity index (χ2v) is 4.49. The van der Waals surface area contributed by atoms with Crippen molar-refractivity contribution in [2.24, 2.45) is 13.0 Å². The molecule has 0 radical (unpaired) electrons. The molecule has 0 N–H and O–H groups in total. The fraction of sp³-hybridized carbons (Fsp3) is 0.385. The lowest BCUT2D eigenvalue weighted by Gasteiger charge is -2.00. The monoisotopic (exact) mass is 214 g/mol. The molecule has 1 aliphatic rings. The number of rotatable bonds is 3. The van der Waals surface area contributed by atoms with Crippen LogP contribution in [0.2, 0.25) is 0 Å². The molecule has 0 bridgehead atoms. The van der Waals surface area contributed by atoms with Crippen molar-refractivity contribution in [3.63, 3.8) is 0 Å². The van der Waals surface area contributed by atoms with Crippen LogP contribution in [0.3, 0.4) is 0 Å². The number of aryl methyl sites for hydroxylation is 1. The summed E-state index contributed by atoms with van der Waals surface area (Å²) in [5.74, 6) is 1.55. The molecule has 2 aromatic rings. The van der Waals surface area contributed by atoms with Crippen LogP contribution in [0.1, 0.15) is 18.7 Å². The average Bonchev–Trinajstić information content (AvgIpc) is 3.08. The topological polar surface area (TPSA) is 34.9 Å². The molecule has 1 fully saturated rings. The maximum absolute atomic E-state index is 11.8. The van der Waals surface area contributed by atoms with Gasteiger partial charge in [0, 0.05) is 13.0 Å². The highest BCUT2D eigenvalue weighted by Crippen LogP contribution is 2.31. The predicted octanol–water partition coefficient (Wildman–Crippen LogP) is 2.09. The first-order valence-corrected chi connectivity index (χ1v) is 5.69. The van der Waals surface area contributed by atoms with Gasteiger partial charge in [0.05, 0.1) is 17.5 Å². The van der Waals surface area contributed by atoms with Crippen molar-refractivity contribution in [1.82, 2.24) is 9.55 Å². The van der Waals surface area contributed by atoms with E-state index in [1.165, 1.54) is 0 Å². The molecule has 3 rings (SSSR count). The zero-order chi connectivity index (χ0) is 11.1. The van der Waals surface area contributed by atoms with Gasteiger partial charge in [-0.3, -0.25) is 4.79 Å². The lowest BCUT2D eigenvalue weighted by atomic mass is 10.2. The van der Waals surface area contributed by atoms with Crippen molar-refractivity contribution < 1.29 is 4.79 Å². The van der Waals surface area contributed by atoms with E-state index in [1.54, 1.807) is 0 Å². The summed E-state index contributed by atoms with van der Waals surface area (Å²) in [5.41, 5.74) is 2.07. The molecule has 0 aliphatic heterocycles. The molecule has 0 unspecified atom stereocenters. The van der Waals surface area contributed by atoms with Gasteiger partial charge in [-0.1, -0.05) is 12.1 Å². The zero-order valence-corrected chi connectivity index (χ0v) is 9.31. The summed E-state index contributed by atoms with van der Waals surface area (Å²) in [7, 11) is 1.98. The number of nitrogens with zero attached hydrogens (tertiary/aromatic N) is 2. The summed E-state index contributed by atoms with van der Waals surface area (Å²) in [6, 6.07) is 7.99. The van der Waals surface area contributed by atoms with Gasteiger partial charge in [0.2, 0.25) is 0 Å². The van der Waals surface area contributed by atoms with E-state index in [2.05, 4.69) is 4.98 Å². The Morgan fingerprint density at radius 3 is 2.88 bits per heavy atom. The van der Waals surface area contributed by atoms with Crippen molar-refractivity contribution in [1.29, 1.82) is 0 Å². The molecule has 3 nitrogen and oxygen atoms in total. The van der Waals surface area contributed by atoms with Gasteiger partial charge in [0.1, 0.15) is 11.6 Å². The molecule has 0 atom stereocenters. The summed E-state index contributed by atoms with van der Waals surface area (Å²) in [6.45, 7) is 0. The van der Waals surface area contributed by atoms with E-state index in [4.69, 9.17) is 0 Å². The number of hydrogen-bond acceptors (Lipinski definition) is 2. The second kappa shape index (κ2) is 3.44. The number of carbonyl (C=O) groups excluding carboxylic acids is 1. The first kappa shape index (κ1) is 9.58. The van der Waals surface area contributed by atoms with Crippen LogP contribution in [0.25, 0.3) is 11.0 Å². The number of hydrogen-bond donors (Lipinski definition) is 0. The molecule has 16 heavy (non-hydrogen) atoms. The van der Waals surface area contributed by atoms with Crippen LogP contribution < -0.4 is 0 Å².